The summed E-state index contributed by atoms with van der Waals surface area (Å²) >= 11 is 1.17. The van der Waals surface area contributed by atoms with Crippen molar-refractivity contribution >= 4 is 41.2 Å². The van der Waals surface area contributed by atoms with Gasteiger partial charge in [-0.15, -0.1) is 24.8 Å². The van der Waals surface area contributed by atoms with Crippen LogP contribution in [0.25, 0.3) is 0 Å². The van der Waals surface area contributed by atoms with E-state index in [-0.39, 0.29) is 40.8 Å². The Labute approximate surface area is 133 Å². The number of piperazine rings is 1. The van der Waals surface area contributed by atoms with Gasteiger partial charge in [-0.3, -0.25) is 15.0 Å². The van der Waals surface area contributed by atoms with Crippen molar-refractivity contribution in [3.05, 3.63) is 27.1 Å². The summed E-state index contributed by atoms with van der Waals surface area (Å²) in [4.78, 5) is 13.4. The van der Waals surface area contributed by atoms with Crippen molar-refractivity contribution in [2.75, 3.05) is 26.2 Å². The van der Waals surface area contributed by atoms with Crippen LogP contribution in [0.3, 0.4) is 0 Å². The Morgan fingerprint density at radius 2 is 2.10 bits per heavy atom. The van der Waals surface area contributed by atoms with Crippen molar-refractivity contribution in [2.45, 2.75) is 12.5 Å². The van der Waals surface area contributed by atoms with Gasteiger partial charge >= 0.3 is 5.00 Å². The highest BCUT2D eigenvalue weighted by atomic mass is 35.5. The van der Waals surface area contributed by atoms with E-state index >= 15 is 0 Å². The molecule has 0 unspecified atom stereocenters. The predicted molar refractivity (Wildman–Crippen MR) is 82.9 cm³/mol. The van der Waals surface area contributed by atoms with E-state index < -0.39 is 0 Å². The monoisotopic (exact) mass is 338 g/mol. The first-order valence-electron chi connectivity index (χ1n) is 5.78. The summed E-state index contributed by atoms with van der Waals surface area (Å²) in [5, 5.41) is 23.0. The number of nitro groups is 1. The summed E-state index contributed by atoms with van der Waals surface area (Å²) in [5.74, 6) is 0. The topological polar surface area (TPSA) is 82.2 Å². The minimum absolute atomic E-state index is 0. The Morgan fingerprint density at radius 3 is 2.60 bits per heavy atom. The molecule has 9 heteroatoms. The number of nitriles is 1. The van der Waals surface area contributed by atoms with Crippen LogP contribution >= 0.6 is 36.2 Å². The average Bonchev–Trinajstić information content (AvgIpc) is 2.86. The number of nitrogens with one attached hydrogen (secondary N) is 1. The average molecular weight is 339 g/mol. The SMILES string of the molecule is Cl.Cl.N#CC[C@H](c1ccc([N+](=O)[O-])s1)N1CCNCC1. The number of thiophene rings is 1. The van der Waals surface area contributed by atoms with Gasteiger partial charge in [0.1, 0.15) is 0 Å². The first kappa shape index (κ1) is 19.1. The van der Waals surface area contributed by atoms with Crippen molar-refractivity contribution in [2.24, 2.45) is 0 Å². The van der Waals surface area contributed by atoms with E-state index in [9.17, 15) is 10.1 Å². The van der Waals surface area contributed by atoms with Crippen LogP contribution in [0.1, 0.15) is 17.3 Å². The summed E-state index contributed by atoms with van der Waals surface area (Å²) in [6.07, 6.45) is 0.373. The second-order valence-corrected chi connectivity index (χ2v) is 5.19. The molecule has 1 saturated heterocycles. The maximum atomic E-state index is 10.7. The van der Waals surface area contributed by atoms with E-state index in [1.165, 1.54) is 17.4 Å². The van der Waals surface area contributed by atoms with Gasteiger partial charge in [-0.05, 0) is 6.07 Å². The molecule has 2 rings (SSSR count). The lowest BCUT2D eigenvalue weighted by Crippen LogP contribution is -2.44. The van der Waals surface area contributed by atoms with E-state index in [0.29, 0.717) is 6.42 Å². The first-order valence-corrected chi connectivity index (χ1v) is 6.60. The van der Waals surface area contributed by atoms with Gasteiger partial charge in [0.25, 0.3) is 0 Å². The van der Waals surface area contributed by atoms with Crippen LogP contribution in [0.2, 0.25) is 0 Å². The van der Waals surface area contributed by atoms with Gasteiger partial charge in [0.15, 0.2) is 0 Å². The Balaban J connectivity index is 0.00000180. The number of hydrogen-bond donors (Lipinski definition) is 1. The Morgan fingerprint density at radius 1 is 1.45 bits per heavy atom. The molecule has 0 spiro atoms. The third kappa shape index (κ3) is 4.58. The normalized spacial score (nSPS) is 16.4. The minimum atomic E-state index is -0.380. The van der Waals surface area contributed by atoms with Gasteiger partial charge in [0.05, 0.1) is 23.5 Å². The molecule has 1 fully saturated rings. The van der Waals surface area contributed by atoms with Crippen LogP contribution in [0, 0.1) is 21.4 Å². The molecule has 1 atom stereocenters. The zero-order valence-corrected chi connectivity index (χ0v) is 13.1. The van der Waals surface area contributed by atoms with E-state index in [1.807, 2.05) is 0 Å². The maximum absolute atomic E-state index is 10.7. The van der Waals surface area contributed by atoms with Crippen LogP contribution in [0.4, 0.5) is 5.00 Å². The molecule has 0 bridgehead atoms. The molecule has 112 valence electrons. The van der Waals surface area contributed by atoms with Crippen molar-refractivity contribution in [1.29, 1.82) is 5.26 Å². The second kappa shape index (κ2) is 9.10. The Kier molecular flexibility index (Phi) is 8.69. The molecule has 1 aromatic rings. The summed E-state index contributed by atoms with van der Waals surface area (Å²) in [6.45, 7) is 3.54. The molecule has 0 radical (unpaired) electrons. The van der Waals surface area contributed by atoms with Crippen LogP contribution in [-0.2, 0) is 0 Å². The fourth-order valence-corrected chi connectivity index (χ4v) is 3.07. The van der Waals surface area contributed by atoms with Crippen LogP contribution in [0.5, 0.6) is 0 Å². The molecule has 0 amide bonds. The van der Waals surface area contributed by atoms with Crippen molar-refractivity contribution in [1.82, 2.24) is 10.2 Å². The number of nitrogens with zero attached hydrogens (tertiary/aromatic N) is 3. The maximum Gasteiger partial charge on any atom is 0.324 e. The lowest BCUT2D eigenvalue weighted by molar-refractivity contribution is -0.380. The Hall–Kier alpha value is -0.910. The van der Waals surface area contributed by atoms with E-state index in [2.05, 4.69) is 16.3 Å². The highest BCUT2D eigenvalue weighted by Gasteiger charge is 2.25. The van der Waals surface area contributed by atoms with Crippen LogP contribution in [-0.4, -0.2) is 36.0 Å². The van der Waals surface area contributed by atoms with Gasteiger partial charge in [0, 0.05) is 37.1 Å². The zero-order valence-electron chi connectivity index (χ0n) is 10.7. The van der Waals surface area contributed by atoms with Crippen molar-refractivity contribution in [3.8, 4) is 6.07 Å². The molecule has 1 aliphatic heterocycles. The molecule has 20 heavy (non-hydrogen) atoms. The molecule has 0 saturated carbocycles. The van der Waals surface area contributed by atoms with Crippen molar-refractivity contribution in [3.63, 3.8) is 0 Å². The fourth-order valence-electron chi connectivity index (χ4n) is 2.11. The lowest BCUT2D eigenvalue weighted by atomic mass is 10.1. The highest BCUT2D eigenvalue weighted by molar-refractivity contribution is 7.15. The first-order chi connectivity index (χ1) is 8.72. The van der Waals surface area contributed by atoms with E-state index in [0.717, 1.165) is 31.1 Å². The minimum Gasteiger partial charge on any atom is -0.314 e. The second-order valence-electron chi connectivity index (χ2n) is 4.10. The van der Waals surface area contributed by atoms with Crippen molar-refractivity contribution < 1.29 is 4.92 Å². The molecule has 1 N–H and O–H groups in total. The van der Waals surface area contributed by atoms with Gasteiger partial charge in [-0.2, -0.15) is 5.26 Å². The fraction of sp³-hybridized carbons (Fsp3) is 0.545. The summed E-state index contributed by atoms with van der Waals surface area (Å²) < 4.78 is 0. The number of rotatable bonds is 4. The highest BCUT2D eigenvalue weighted by Crippen LogP contribution is 2.33. The Bertz CT molecular complexity index is 471. The smallest absolute Gasteiger partial charge is 0.314 e. The van der Waals surface area contributed by atoms with Gasteiger partial charge in [0.2, 0.25) is 0 Å². The van der Waals surface area contributed by atoms with E-state index in [1.54, 1.807) is 6.07 Å². The molecule has 1 aromatic heterocycles. The summed E-state index contributed by atoms with van der Waals surface area (Å²) in [6, 6.07) is 5.45. The predicted octanol–water partition coefficient (Wildman–Crippen LogP) is 2.36. The summed E-state index contributed by atoms with van der Waals surface area (Å²) in [5.41, 5.74) is 0. The standard InChI is InChI=1S/C11H14N4O2S.2ClH/c12-4-3-9(14-7-5-13-6-8-14)10-1-2-11(18-10)15(16)17;;/h1-2,9,13H,3,5-8H2;2*1H/t9-;;/m1../s1. The largest absolute Gasteiger partial charge is 0.324 e. The zero-order chi connectivity index (χ0) is 13.0. The quantitative estimate of drug-likeness (QED) is 0.673. The van der Waals surface area contributed by atoms with E-state index in [4.69, 9.17) is 5.26 Å². The molecular weight excluding hydrogens is 323 g/mol. The van der Waals surface area contributed by atoms with Gasteiger partial charge < -0.3 is 5.32 Å². The molecule has 1 aliphatic rings. The molecule has 2 heterocycles. The van der Waals surface area contributed by atoms with Crippen LogP contribution in [0.15, 0.2) is 12.1 Å². The number of hydrogen-bond acceptors (Lipinski definition) is 6. The van der Waals surface area contributed by atoms with Crippen LogP contribution < -0.4 is 5.32 Å². The number of halogens is 2. The third-order valence-electron chi connectivity index (χ3n) is 3.00. The molecule has 0 aliphatic carbocycles. The van der Waals surface area contributed by atoms with Gasteiger partial charge in [-0.25, -0.2) is 0 Å². The van der Waals surface area contributed by atoms with Gasteiger partial charge in [-0.1, -0.05) is 11.3 Å². The lowest BCUT2D eigenvalue weighted by Gasteiger charge is -2.33. The third-order valence-corrected chi connectivity index (χ3v) is 4.14. The molecule has 0 aromatic carbocycles. The molecular formula is C11H16Cl2N4O2S. The molecule has 6 nitrogen and oxygen atoms in total. The summed E-state index contributed by atoms with van der Waals surface area (Å²) in [7, 11) is 0.